The van der Waals surface area contributed by atoms with Gasteiger partial charge in [0.15, 0.2) is 9.84 Å². The molecule has 1 atom stereocenters. The van der Waals surface area contributed by atoms with Crippen LogP contribution in [0.25, 0.3) is 0 Å². The first-order valence-corrected chi connectivity index (χ1v) is 9.55. The van der Waals surface area contributed by atoms with Gasteiger partial charge in [0.2, 0.25) is 0 Å². The zero-order chi connectivity index (χ0) is 17.9. The van der Waals surface area contributed by atoms with Gasteiger partial charge >= 0.3 is 0 Å². The van der Waals surface area contributed by atoms with Crippen LogP contribution in [0, 0.1) is 0 Å². The smallest absolute Gasteiger partial charge is 0.175 e. The quantitative estimate of drug-likeness (QED) is 0.868. The lowest BCUT2D eigenvalue weighted by Crippen LogP contribution is -2.26. The van der Waals surface area contributed by atoms with Crippen LogP contribution in [0.5, 0.6) is 0 Å². The normalized spacial score (nSPS) is 12.7. The van der Waals surface area contributed by atoms with E-state index in [-0.39, 0.29) is 4.90 Å². The summed E-state index contributed by atoms with van der Waals surface area (Å²) in [7, 11) is 2.66. The number of anilines is 2. The average Bonchev–Trinajstić information content (AvgIpc) is 2.54. The fourth-order valence-electron chi connectivity index (χ4n) is 2.57. The topological polar surface area (TPSA) is 60.9 Å². The highest BCUT2D eigenvalue weighted by Crippen LogP contribution is 2.28. The molecular weight excluding hydrogens is 324 g/mol. The Kier molecular flexibility index (Phi) is 5.51. The molecule has 0 aliphatic heterocycles. The number of nitrogens with zero attached hydrogens (tertiary/aromatic N) is 2. The number of para-hydroxylation sites is 2. The Morgan fingerprint density at radius 3 is 2.00 bits per heavy atom. The summed E-state index contributed by atoms with van der Waals surface area (Å²) in [6.45, 7) is 0.406. The molecule has 5 nitrogen and oxygen atoms in total. The SMILES string of the molecule is CN(C)c1ccccc1N(C)CC(O)c1ccc(S(C)(=O)=O)cc1. The second-order valence-corrected chi connectivity index (χ2v) is 8.14. The second kappa shape index (κ2) is 7.23. The van der Waals surface area contributed by atoms with Crippen LogP contribution in [0.4, 0.5) is 11.4 Å². The van der Waals surface area contributed by atoms with Crippen LogP contribution in [0.2, 0.25) is 0 Å². The van der Waals surface area contributed by atoms with E-state index in [1.165, 1.54) is 18.4 Å². The molecule has 0 aliphatic carbocycles. The molecular formula is C18H24N2O3S. The van der Waals surface area contributed by atoms with Gasteiger partial charge in [-0.1, -0.05) is 24.3 Å². The first-order valence-electron chi connectivity index (χ1n) is 7.65. The minimum absolute atomic E-state index is 0.254. The Labute approximate surface area is 144 Å². The number of aliphatic hydroxyl groups is 1. The van der Waals surface area contributed by atoms with Crippen molar-refractivity contribution in [1.82, 2.24) is 0 Å². The van der Waals surface area contributed by atoms with E-state index in [2.05, 4.69) is 0 Å². The third kappa shape index (κ3) is 4.27. The first kappa shape index (κ1) is 18.3. The highest BCUT2D eigenvalue weighted by atomic mass is 32.2. The van der Waals surface area contributed by atoms with E-state index in [0.29, 0.717) is 12.1 Å². The summed E-state index contributed by atoms with van der Waals surface area (Å²) in [5, 5.41) is 10.5. The number of rotatable bonds is 6. The Morgan fingerprint density at radius 2 is 1.50 bits per heavy atom. The number of benzene rings is 2. The van der Waals surface area contributed by atoms with Gasteiger partial charge in [0.1, 0.15) is 0 Å². The molecule has 130 valence electrons. The maximum atomic E-state index is 11.5. The fourth-order valence-corrected chi connectivity index (χ4v) is 3.20. The molecule has 0 amide bonds. The van der Waals surface area contributed by atoms with Crippen LogP contribution >= 0.6 is 0 Å². The van der Waals surface area contributed by atoms with Gasteiger partial charge in [-0.3, -0.25) is 0 Å². The Balaban J connectivity index is 2.16. The van der Waals surface area contributed by atoms with E-state index in [0.717, 1.165) is 11.4 Å². The van der Waals surface area contributed by atoms with E-state index in [1.54, 1.807) is 12.1 Å². The lowest BCUT2D eigenvalue weighted by molar-refractivity contribution is 0.185. The monoisotopic (exact) mass is 348 g/mol. The molecule has 0 aliphatic rings. The van der Waals surface area contributed by atoms with E-state index >= 15 is 0 Å². The number of hydrogen-bond donors (Lipinski definition) is 1. The Bertz CT molecular complexity index is 786. The van der Waals surface area contributed by atoms with Crippen LogP contribution in [-0.2, 0) is 9.84 Å². The fraction of sp³-hybridized carbons (Fsp3) is 0.333. The molecule has 6 heteroatoms. The van der Waals surface area contributed by atoms with Gasteiger partial charge in [-0.2, -0.15) is 0 Å². The van der Waals surface area contributed by atoms with Crippen molar-refractivity contribution >= 4 is 21.2 Å². The molecule has 2 rings (SSSR count). The van der Waals surface area contributed by atoms with Gasteiger partial charge in [-0.25, -0.2) is 8.42 Å². The number of hydrogen-bond acceptors (Lipinski definition) is 5. The third-order valence-corrected chi connectivity index (χ3v) is 5.04. The molecule has 1 N–H and O–H groups in total. The first-order chi connectivity index (χ1) is 11.2. The maximum absolute atomic E-state index is 11.5. The minimum Gasteiger partial charge on any atom is -0.387 e. The molecule has 1 unspecified atom stereocenters. The molecule has 0 spiro atoms. The lowest BCUT2D eigenvalue weighted by atomic mass is 10.1. The maximum Gasteiger partial charge on any atom is 0.175 e. The summed E-state index contributed by atoms with van der Waals surface area (Å²) >= 11 is 0. The standard InChI is InChI=1S/C18H24N2O3S/c1-19(2)16-7-5-6-8-17(16)20(3)13-18(21)14-9-11-15(12-10-14)24(4,22)23/h5-12,18,21H,13H2,1-4H3. The molecule has 0 saturated carbocycles. The van der Waals surface area contributed by atoms with Gasteiger partial charge in [-0.05, 0) is 29.8 Å². The summed E-state index contributed by atoms with van der Waals surface area (Å²) < 4.78 is 23.0. The van der Waals surface area contributed by atoms with E-state index < -0.39 is 15.9 Å². The summed E-state index contributed by atoms with van der Waals surface area (Å²) in [5.74, 6) is 0. The zero-order valence-electron chi connectivity index (χ0n) is 14.5. The molecule has 0 fully saturated rings. The Hall–Kier alpha value is -2.05. The van der Waals surface area contributed by atoms with Crippen molar-refractivity contribution in [2.24, 2.45) is 0 Å². The van der Waals surface area contributed by atoms with Crippen molar-refractivity contribution in [2.45, 2.75) is 11.0 Å². The average molecular weight is 348 g/mol. The zero-order valence-corrected chi connectivity index (χ0v) is 15.3. The highest BCUT2D eigenvalue weighted by Gasteiger charge is 2.15. The molecule has 0 aromatic heterocycles. The van der Waals surface area contributed by atoms with Crippen molar-refractivity contribution in [3.05, 3.63) is 54.1 Å². The molecule has 0 bridgehead atoms. The van der Waals surface area contributed by atoms with Crippen molar-refractivity contribution < 1.29 is 13.5 Å². The van der Waals surface area contributed by atoms with E-state index in [4.69, 9.17) is 0 Å². The van der Waals surface area contributed by atoms with Crippen LogP contribution in [0.15, 0.2) is 53.4 Å². The second-order valence-electron chi connectivity index (χ2n) is 6.12. The van der Waals surface area contributed by atoms with Gasteiger partial charge < -0.3 is 14.9 Å². The van der Waals surface area contributed by atoms with Crippen molar-refractivity contribution in [2.75, 3.05) is 43.7 Å². The van der Waals surface area contributed by atoms with Crippen LogP contribution < -0.4 is 9.80 Å². The van der Waals surface area contributed by atoms with Gasteiger partial charge in [0, 0.05) is 33.9 Å². The van der Waals surface area contributed by atoms with Crippen LogP contribution in [-0.4, -0.2) is 47.5 Å². The third-order valence-electron chi connectivity index (χ3n) is 3.91. The lowest BCUT2D eigenvalue weighted by Gasteiger charge is -2.27. The molecule has 0 radical (unpaired) electrons. The largest absolute Gasteiger partial charge is 0.387 e. The molecule has 0 heterocycles. The number of likely N-dealkylation sites (N-methyl/N-ethyl adjacent to an activating group) is 1. The number of aliphatic hydroxyl groups excluding tert-OH is 1. The summed E-state index contributed by atoms with van der Waals surface area (Å²) in [6.07, 6.45) is 0.462. The van der Waals surface area contributed by atoms with Gasteiger partial charge in [-0.15, -0.1) is 0 Å². The highest BCUT2D eigenvalue weighted by molar-refractivity contribution is 7.90. The van der Waals surface area contributed by atoms with E-state index in [1.807, 2.05) is 55.2 Å². The van der Waals surface area contributed by atoms with Crippen molar-refractivity contribution in [1.29, 1.82) is 0 Å². The summed E-state index contributed by atoms with van der Waals surface area (Å²) in [6, 6.07) is 14.4. The van der Waals surface area contributed by atoms with Gasteiger partial charge in [0.25, 0.3) is 0 Å². The molecule has 0 saturated heterocycles. The molecule has 2 aromatic rings. The van der Waals surface area contributed by atoms with Crippen LogP contribution in [0.3, 0.4) is 0 Å². The van der Waals surface area contributed by atoms with Crippen molar-refractivity contribution in [3.63, 3.8) is 0 Å². The predicted octanol–water partition coefficient (Wildman–Crippen LogP) is 2.33. The molecule has 2 aromatic carbocycles. The van der Waals surface area contributed by atoms with Gasteiger partial charge in [0.05, 0.1) is 22.4 Å². The van der Waals surface area contributed by atoms with Crippen LogP contribution in [0.1, 0.15) is 11.7 Å². The Morgan fingerprint density at radius 1 is 0.958 bits per heavy atom. The minimum atomic E-state index is -3.22. The summed E-state index contributed by atoms with van der Waals surface area (Å²) in [4.78, 5) is 4.27. The van der Waals surface area contributed by atoms with Crippen molar-refractivity contribution in [3.8, 4) is 0 Å². The molecule has 24 heavy (non-hydrogen) atoms. The summed E-state index contributed by atoms with van der Waals surface area (Å²) in [5.41, 5.74) is 2.78. The predicted molar refractivity (Wildman–Crippen MR) is 98.6 cm³/mol. The van der Waals surface area contributed by atoms with E-state index in [9.17, 15) is 13.5 Å². The number of sulfone groups is 1.